The molecule has 0 bridgehead atoms. The van der Waals surface area contributed by atoms with Crippen LogP contribution >= 0.6 is 22.9 Å². The predicted octanol–water partition coefficient (Wildman–Crippen LogP) is 3.88. The van der Waals surface area contributed by atoms with Gasteiger partial charge in [0.25, 0.3) is 5.91 Å². The van der Waals surface area contributed by atoms with Gasteiger partial charge < -0.3 is 9.64 Å². The fourth-order valence-electron chi connectivity index (χ4n) is 2.02. The molecular weight excluding hydrogens is 322 g/mol. The van der Waals surface area contributed by atoms with Gasteiger partial charge in [-0.25, -0.2) is 0 Å². The van der Waals surface area contributed by atoms with E-state index in [2.05, 4.69) is 0 Å². The lowest BCUT2D eigenvalue weighted by Gasteiger charge is -2.18. The zero-order chi connectivity index (χ0) is 16.3. The minimum atomic E-state index is -0.139. The van der Waals surface area contributed by atoms with E-state index >= 15 is 0 Å². The summed E-state index contributed by atoms with van der Waals surface area (Å²) in [6.45, 7) is 1.85. The van der Waals surface area contributed by atoms with Gasteiger partial charge in [0, 0.05) is 35.1 Å². The number of nitrogens with zero attached hydrogens (tertiary/aromatic N) is 1. The number of ether oxygens (including phenoxy) is 1. The third-order valence-electron chi connectivity index (χ3n) is 3.21. The topological polar surface area (TPSA) is 46.6 Å². The Bertz CT molecular complexity index is 711. The molecule has 0 unspecified atom stereocenters. The molecule has 4 nitrogen and oxygen atoms in total. The van der Waals surface area contributed by atoms with Crippen molar-refractivity contribution in [2.75, 3.05) is 14.2 Å². The third-order valence-corrected chi connectivity index (χ3v) is 4.37. The summed E-state index contributed by atoms with van der Waals surface area (Å²) in [5, 5.41) is 2.29. The van der Waals surface area contributed by atoms with Crippen molar-refractivity contribution in [1.82, 2.24) is 4.90 Å². The van der Waals surface area contributed by atoms with Crippen molar-refractivity contribution in [2.24, 2.45) is 0 Å². The largest absolute Gasteiger partial charge is 0.496 e. The van der Waals surface area contributed by atoms with Crippen LogP contribution in [0, 0.1) is 0 Å². The Kier molecular flexibility index (Phi) is 5.21. The molecule has 0 fully saturated rings. The van der Waals surface area contributed by atoms with Crippen molar-refractivity contribution in [1.29, 1.82) is 0 Å². The van der Waals surface area contributed by atoms with Gasteiger partial charge in [0.1, 0.15) is 5.75 Å². The van der Waals surface area contributed by atoms with Crippen LogP contribution in [0.4, 0.5) is 0 Å². The van der Waals surface area contributed by atoms with E-state index in [1.807, 2.05) is 0 Å². The molecular formula is C16H16ClNO3S. The number of benzene rings is 1. The summed E-state index contributed by atoms with van der Waals surface area (Å²) in [7, 11) is 3.28. The molecule has 0 radical (unpaired) electrons. The number of carbonyl (C=O) groups excluding carboxylic acids is 2. The lowest BCUT2D eigenvalue weighted by Crippen LogP contribution is -2.25. The van der Waals surface area contributed by atoms with E-state index in [0.29, 0.717) is 27.8 Å². The zero-order valence-corrected chi connectivity index (χ0v) is 14.1. The van der Waals surface area contributed by atoms with Gasteiger partial charge in [-0.1, -0.05) is 11.6 Å². The molecule has 0 spiro atoms. The second-order valence-electron chi connectivity index (χ2n) is 4.87. The number of hydrogen-bond acceptors (Lipinski definition) is 4. The third kappa shape index (κ3) is 3.67. The lowest BCUT2D eigenvalue weighted by molar-refractivity contribution is 0.0789. The highest BCUT2D eigenvalue weighted by molar-refractivity contribution is 7.12. The fourth-order valence-corrected chi connectivity index (χ4v) is 3.15. The summed E-state index contributed by atoms with van der Waals surface area (Å²) in [4.78, 5) is 25.8. The molecule has 2 aromatic rings. The van der Waals surface area contributed by atoms with Crippen molar-refractivity contribution in [3.8, 4) is 5.75 Å². The predicted molar refractivity (Wildman–Crippen MR) is 88.1 cm³/mol. The summed E-state index contributed by atoms with van der Waals surface area (Å²) < 4.78 is 5.28. The summed E-state index contributed by atoms with van der Waals surface area (Å²) in [6, 6.07) is 6.92. The lowest BCUT2D eigenvalue weighted by atomic mass is 10.2. The zero-order valence-electron chi connectivity index (χ0n) is 12.6. The molecule has 0 aliphatic rings. The summed E-state index contributed by atoms with van der Waals surface area (Å²) in [5.74, 6) is 0.494. The second kappa shape index (κ2) is 6.94. The highest BCUT2D eigenvalue weighted by atomic mass is 35.5. The Hall–Kier alpha value is -1.85. The van der Waals surface area contributed by atoms with Crippen LogP contribution in [-0.2, 0) is 6.54 Å². The average Bonchev–Trinajstić information content (AvgIpc) is 2.96. The van der Waals surface area contributed by atoms with Crippen molar-refractivity contribution < 1.29 is 14.3 Å². The number of methoxy groups -OCH3 is 1. The minimum absolute atomic E-state index is 0.0468. The molecule has 0 saturated heterocycles. The number of carbonyl (C=O) groups is 2. The van der Waals surface area contributed by atoms with Crippen LogP contribution < -0.4 is 4.74 Å². The summed E-state index contributed by atoms with van der Waals surface area (Å²) in [5.41, 5.74) is 1.39. The van der Waals surface area contributed by atoms with Gasteiger partial charge in [-0.3, -0.25) is 9.59 Å². The van der Waals surface area contributed by atoms with E-state index in [-0.39, 0.29) is 11.7 Å². The molecule has 0 aliphatic carbocycles. The maximum absolute atomic E-state index is 12.4. The number of thiophene rings is 1. The standard InChI is InChI=1S/C16H16ClNO3S/c1-10(19)12-7-15(22-9-12)16(20)18(2)8-11-6-13(17)4-5-14(11)21-3/h4-7,9H,8H2,1-3H3. The molecule has 1 heterocycles. The van der Waals surface area contributed by atoms with Crippen molar-refractivity contribution in [3.05, 3.63) is 50.7 Å². The SMILES string of the molecule is COc1ccc(Cl)cc1CN(C)C(=O)c1cc(C(C)=O)cs1. The fraction of sp³-hybridized carbons (Fsp3) is 0.250. The van der Waals surface area contributed by atoms with Gasteiger partial charge in [0.15, 0.2) is 5.78 Å². The Labute approximate surface area is 138 Å². The Morgan fingerprint density at radius 2 is 2.05 bits per heavy atom. The molecule has 0 N–H and O–H groups in total. The first kappa shape index (κ1) is 16.5. The van der Waals surface area contributed by atoms with Crippen LogP contribution in [-0.4, -0.2) is 30.7 Å². The molecule has 2 rings (SSSR count). The van der Waals surface area contributed by atoms with Gasteiger partial charge in [-0.05, 0) is 31.2 Å². The molecule has 0 atom stereocenters. The van der Waals surface area contributed by atoms with E-state index in [0.717, 1.165) is 5.56 Å². The van der Waals surface area contributed by atoms with Gasteiger partial charge in [0.2, 0.25) is 0 Å². The number of amides is 1. The van der Waals surface area contributed by atoms with E-state index in [9.17, 15) is 9.59 Å². The molecule has 0 aliphatic heterocycles. The molecule has 1 amide bonds. The quantitative estimate of drug-likeness (QED) is 0.778. The first-order valence-electron chi connectivity index (χ1n) is 6.59. The van der Waals surface area contributed by atoms with Crippen LogP contribution in [0.5, 0.6) is 5.75 Å². The van der Waals surface area contributed by atoms with Crippen LogP contribution in [0.15, 0.2) is 29.6 Å². The maximum atomic E-state index is 12.4. The van der Waals surface area contributed by atoms with Crippen LogP contribution in [0.25, 0.3) is 0 Å². The van der Waals surface area contributed by atoms with Gasteiger partial charge in [-0.2, -0.15) is 0 Å². The first-order chi connectivity index (χ1) is 10.4. The molecule has 116 valence electrons. The Morgan fingerprint density at radius 1 is 1.32 bits per heavy atom. The minimum Gasteiger partial charge on any atom is -0.496 e. The number of hydrogen-bond donors (Lipinski definition) is 0. The average molecular weight is 338 g/mol. The first-order valence-corrected chi connectivity index (χ1v) is 7.85. The van der Waals surface area contributed by atoms with E-state index in [1.54, 1.807) is 48.7 Å². The van der Waals surface area contributed by atoms with E-state index < -0.39 is 0 Å². The second-order valence-corrected chi connectivity index (χ2v) is 6.22. The van der Waals surface area contributed by atoms with Crippen LogP contribution in [0.2, 0.25) is 5.02 Å². The highest BCUT2D eigenvalue weighted by Crippen LogP contribution is 2.25. The van der Waals surface area contributed by atoms with Crippen molar-refractivity contribution in [2.45, 2.75) is 13.5 Å². The smallest absolute Gasteiger partial charge is 0.263 e. The van der Waals surface area contributed by atoms with Crippen LogP contribution in [0.1, 0.15) is 32.5 Å². The summed E-state index contributed by atoms with van der Waals surface area (Å²) >= 11 is 7.27. The molecule has 6 heteroatoms. The van der Waals surface area contributed by atoms with Crippen molar-refractivity contribution in [3.63, 3.8) is 0 Å². The van der Waals surface area contributed by atoms with Crippen LogP contribution in [0.3, 0.4) is 0 Å². The van der Waals surface area contributed by atoms with Gasteiger partial charge >= 0.3 is 0 Å². The van der Waals surface area contributed by atoms with E-state index in [4.69, 9.17) is 16.3 Å². The van der Waals surface area contributed by atoms with E-state index in [1.165, 1.54) is 18.3 Å². The highest BCUT2D eigenvalue weighted by Gasteiger charge is 2.17. The number of halogens is 1. The monoisotopic (exact) mass is 337 g/mol. The molecule has 0 saturated carbocycles. The van der Waals surface area contributed by atoms with Gasteiger partial charge in [0.05, 0.1) is 12.0 Å². The normalized spacial score (nSPS) is 10.4. The molecule has 22 heavy (non-hydrogen) atoms. The maximum Gasteiger partial charge on any atom is 0.263 e. The number of ketones is 1. The summed E-state index contributed by atoms with van der Waals surface area (Å²) in [6.07, 6.45) is 0. The molecule has 1 aromatic heterocycles. The Balaban J connectivity index is 2.17. The number of rotatable bonds is 5. The van der Waals surface area contributed by atoms with Crippen molar-refractivity contribution >= 4 is 34.6 Å². The van der Waals surface area contributed by atoms with Gasteiger partial charge in [-0.15, -0.1) is 11.3 Å². The Morgan fingerprint density at radius 3 is 2.64 bits per heavy atom. The molecule has 1 aromatic carbocycles. The number of Topliss-reactive ketones (excluding diaryl/α,β-unsaturated/α-hetero) is 1.